The average Bonchev–Trinajstić information content (AvgIpc) is 2.67. The van der Waals surface area contributed by atoms with Crippen LogP contribution in [0.3, 0.4) is 0 Å². The van der Waals surface area contributed by atoms with Gasteiger partial charge in [0, 0.05) is 31.9 Å². The fourth-order valence-electron chi connectivity index (χ4n) is 2.43. The molecule has 5 nitrogen and oxygen atoms in total. The molecule has 1 aromatic heterocycles. The molecule has 0 fully saturated rings. The molecule has 0 unspecified atom stereocenters. The summed E-state index contributed by atoms with van der Waals surface area (Å²) in [6, 6.07) is 17.7. The molecule has 0 aliphatic rings. The number of likely N-dealkylation sites (N-methyl/N-ethyl adjacent to an activating group) is 1. The maximum atomic E-state index is 11.9. The Morgan fingerprint density at radius 3 is 2.60 bits per heavy atom. The summed E-state index contributed by atoms with van der Waals surface area (Å²) in [5.41, 5.74) is 3.44. The van der Waals surface area contributed by atoms with Gasteiger partial charge in [-0.15, -0.1) is 0 Å². The van der Waals surface area contributed by atoms with Crippen LogP contribution in [0.2, 0.25) is 0 Å². The standard InChI is InChI=1S/C20H20N4O/c1-24(17-7-3-2-4-8-17)14-13-21-20(25)12-11-16-15-22-18-9-5-6-10-19(18)23-16/h2-12,15H,13-14H2,1H3,(H,21,25)/b12-11+. The number of carbonyl (C=O) groups is 1. The van der Waals surface area contributed by atoms with Crippen LogP contribution in [0, 0.1) is 0 Å². The number of hydrogen-bond acceptors (Lipinski definition) is 4. The molecule has 1 heterocycles. The largest absolute Gasteiger partial charge is 0.373 e. The molecule has 1 amide bonds. The van der Waals surface area contributed by atoms with Crippen molar-refractivity contribution in [3.8, 4) is 0 Å². The minimum Gasteiger partial charge on any atom is -0.373 e. The maximum Gasteiger partial charge on any atom is 0.244 e. The monoisotopic (exact) mass is 332 g/mol. The lowest BCUT2D eigenvalue weighted by Crippen LogP contribution is -2.31. The molecule has 3 rings (SSSR count). The van der Waals surface area contributed by atoms with Gasteiger partial charge in [-0.3, -0.25) is 9.78 Å². The number of fused-ring (bicyclic) bond motifs is 1. The first kappa shape index (κ1) is 16.6. The van der Waals surface area contributed by atoms with Crippen molar-refractivity contribution in [3.05, 3.63) is 72.6 Å². The van der Waals surface area contributed by atoms with E-state index >= 15 is 0 Å². The van der Waals surface area contributed by atoms with Gasteiger partial charge in [0.05, 0.1) is 22.9 Å². The second kappa shape index (κ2) is 8.06. The lowest BCUT2D eigenvalue weighted by Gasteiger charge is -2.19. The number of amides is 1. The molecule has 0 saturated carbocycles. The van der Waals surface area contributed by atoms with Gasteiger partial charge < -0.3 is 10.2 Å². The van der Waals surface area contributed by atoms with E-state index in [2.05, 4.69) is 20.2 Å². The lowest BCUT2D eigenvalue weighted by molar-refractivity contribution is -0.116. The second-order valence-electron chi connectivity index (χ2n) is 5.67. The number of benzene rings is 2. The van der Waals surface area contributed by atoms with Crippen LogP contribution < -0.4 is 10.2 Å². The van der Waals surface area contributed by atoms with E-state index in [1.54, 1.807) is 12.3 Å². The van der Waals surface area contributed by atoms with Gasteiger partial charge in [-0.2, -0.15) is 0 Å². The molecule has 0 aliphatic heterocycles. The van der Waals surface area contributed by atoms with E-state index < -0.39 is 0 Å². The summed E-state index contributed by atoms with van der Waals surface area (Å²) in [6.07, 6.45) is 4.83. The third-order valence-electron chi connectivity index (χ3n) is 3.82. The predicted molar refractivity (Wildman–Crippen MR) is 101 cm³/mol. The van der Waals surface area contributed by atoms with Crippen LogP contribution in [0.4, 0.5) is 5.69 Å². The normalized spacial score (nSPS) is 10.9. The summed E-state index contributed by atoms with van der Waals surface area (Å²) in [6.45, 7) is 1.30. The molecule has 0 radical (unpaired) electrons. The van der Waals surface area contributed by atoms with Gasteiger partial charge in [0.1, 0.15) is 0 Å². The Hall–Kier alpha value is -3.21. The van der Waals surface area contributed by atoms with Crippen molar-refractivity contribution in [2.45, 2.75) is 0 Å². The molecule has 0 aliphatic carbocycles. The molecule has 25 heavy (non-hydrogen) atoms. The summed E-state index contributed by atoms with van der Waals surface area (Å²) in [4.78, 5) is 22.8. The predicted octanol–water partition coefficient (Wildman–Crippen LogP) is 2.90. The minimum absolute atomic E-state index is 0.142. The number of anilines is 1. The Balaban J connectivity index is 1.50. The number of aromatic nitrogens is 2. The van der Waals surface area contributed by atoms with E-state index in [0.29, 0.717) is 12.2 Å². The quantitative estimate of drug-likeness (QED) is 0.705. The third-order valence-corrected chi connectivity index (χ3v) is 3.82. The van der Waals surface area contributed by atoms with Crippen molar-refractivity contribution in [2.75, 3.05) is 25.0 Å². The molecule has 0 saturated heterocycles. The first-order valence-corrected chi connectivity index (χ1v) is 8.16. The van der Waals surface area contributed by atoms with Crippen LogP contribution in [-0.2, 0) is 4.79 Å². The highest BCUT2D eigenvalue weighted by Crippen LogP contribution is 2.10. The van der Waals surface area contributed by atoms with Gasteiger partial charge >= 0.3 is 0 Å². The molecule has 2 aromatic carbocycles. The van der Waals surface area contributed by atoms with Crippen LogP contribution in [0.1, 0.15) is 5.69 Å². The smallest absolute Gasteiger partial charge is 0.244 e. The first-order valence-electron chi connectivity index (χ1n) is 8.16. The van der Waals surface area contributed by atoms with Crippen LogP contribution >= 0.6 is 0 Å². The van der Waals surface area contributed by atoms with E-state index in [1.807, 2.05) is 61.6 Å². The molecular weight excluding hydrogens is 312 g/mol. The minimum atomic E-state index is -0.142. The van der Waals surface area contributed by atoms with Crippen LogP contribution in [0.5, 0.6) is 0 Å². The zero-order chi connectivity index (χ0) is 17.5. The van der Waals surface area contributed by atoms with Crippen molar-refractivity contribution < 1.29 is 4.79 Å². The van der Waals surface area contributed by atoms with Gasteiger partial charge in [0.25, 0.3) is 0 Å². The number of carbonyl (C=O) groups excluding carboxylic acids is 1. The molecule has 1 N–H and O–H groups in total. The Bertz CT molecular complexity index is 877. The Morgan fingerprint density at radius 2 is 1.80 bits per heavy atom. The highest BCUT2D eigenvalue weighted by molar-refractivity contribution is 5.91. The first-order chi connectivity index (χ1) is 12.2. The van der Waals surface area contributed by atoms with Crippen molar-refractivity contribution in [1.82, 2.24) is 15.3 Å². The van der Waals surface area contributed by atoms with E-state index in [9.17, 15) is 4.79 Å². The summed E-state index contributed by atoms with van der Waals surface area (Å²) in [7, 11) is 2.00. The topological polar surface area (TPSA) is 58.1 Å². The molecule has 3 aromatic rings. The van der Waals surface area contributed by atoms with Gasteiger partial charge in [0.15, 0.2) is 0 Å². The van der Waals surface area contributed by atoms with Crippen molar-refractivity contribution in [3.63, 3.8) is 0 Å². The molecule has 126 valence electrons. The van der Waals surface area contributed by atoms with Gasteiger partial charge in [0.2, 0.25) is 5.91 Å². The summed E-state index contributed by atoms with van der Waals surface area (Å²) in [5.74, 6) is -0.142. The van der Waals surface area contributed by atoms with Crippen molar-refractivity contribution in [2.24, 2.45) is 0 Å². The third kappa shape index (κ3) is 4.64. The van der Waals surface area contributed by atoms with E-state index in [1.165, 1.54) is 6.08 Å². The number of para-hydroxylation sites is 3. The van der Waals surface area contributed by atoms with E-state index in [4.69, 9.17) is 0 Å². The van der Waals surface area contributed by atoms with Gasteiger partial charge in [-0.1, -0.05) is 30.3 Å². The highest BCUT2D eigenvalue weighted by Gasteiger charge is 2.01. The SMILES string of the molecule is CN(CCNC(=O)/C=C/c1cnc2ccccc2n1)c1ccccc1. The molecule has 5 heteroatoms. The number of nitrogens with one attached hydrogen (secondary N) is 1. The maximum absolute atomic E-state index is 11.9. The number of rotatable bonds is 6. The van der Waals surface area contributed by atoms with Crippen LogP contribution in [-0.4, -0.2) is 36.0 Å². The summed E-state index contributed by atoms with van der Waals surface area (Å²) < 4.78 is 0. The molecule has 0 bridgehead atoms. The Morgan fingerprint density at radius 1 is 1.08 bits per heavy atom. The number of hydrogen-bond donors (Lipinski definition) is 1. The lowest BCUT2D eigenvalue weighted by atomic mass is 10.3. The average molecular weight is 332 g/mol. The summed E-state index contributed by atoms with van der Waals surface area (Å²) in [5, 5.41) is 2.88. The van der Waals surface area contributed by atoms with Crippen molar-refractivity contribution >= 4 is 28.7 Å². The Labute approximate surface area is 147 Å². The zero-order valence-corrected chi connectivity index (χ0v) is 14.1. The highest BCUT2D eigenvalue weighted by atomic mass is 16.1. The fraction of sp³-hybridized carbons (Fsp3) is 0.150. The van der Waals surface area contributed by atoms with E-state index in [-0.39, 0.29) is 5.91 Å². The van der Waals surface area contributed by atoms with Crippen molar-refractivity contribution in [1.29, 1.82) is 0 Å². The fourth-order valence-corrected chi connectivity index (χ4v) is 2.43. The summed E-state index contributed by atoms with van der Waals surface area (Å²) >= 11 is 0. The molecule has 0 atom stereocenters. The second-order valence-corrected chi connectivity index (χ2v) is 5.67. The zero-order valence-electron chi connectivity index (χ0n) is 14.1. The van der Waals surface area contributed by atoms with Gasteiger partial charge in [-0.05, 0) is 30.3 Å². The van der Waals surface area contributed by atoms with Gasteiger partial charge in [-0.25, -0.2) is 4.98 Å². The van der Waals surface area contributed by atoms with E-state index in [0.717, 1.165) is 23.3 Å². The number of nitrogens with zero attached hydrogens (tertiary/aromatic N) is 3. The molecular formula is C20H20N4O. The van der Waals surface area contributed by atoms with Crippen LogP contribution in [0.25, 0.3) is 17.1 Å². The molecule has 0 spiro atoms. The Kier molecular flexibility index (Phi) is 5.36. The van der Waals surface area contributed by atoms with Crippen LogP contribution in [0.15, 0.2) is 66.9 Å².